The first-order valence-electron chi connectivity index (χ1n) is 5.64. The molecule has 0 heterocycles. The third-order valence-corrected chi connectivity index (χ3v) is 2.75. The summed E-state index contributed by atoms with van der Waals surface area (Å²) >= 11 is 0. The first kappa shape index (κ1) is 13.0. The van der Waals surface area contributed by atoms with Gasteiger partial charge in [-0.25, -0.2) is 0 Å². The molecule has 1 aromatic rings. The van der Waals surface area contributed by atoms with Gasteiger partial charge in [-0.3, -0.25) is 0 Å². The van der Waals surface area contributed by atoms with Crippen molar-refractivity contribution < 1.29 is 4.74 Å². The molecule has 0 saturated carbocycles. The summed E-state index contributed by atoms with van der Waals surface area (Å²) in [6, 6.07) is 6.19. The molecule has 0 unspecified atom stereocenters. The highest BCUT2D eigenvalue weighted by Crippen LogP contribution is 2.33. The molecule has 16 heavy (non-hydrogen) atoms. The van der Waals surface area contributed by atoms with Crippen molar-refractivity contribution in [3.8, 4) is 5.75 Å². The molecule has 90 valence electrons. The number of rotatable bonds is 2. The average molecular weight is 221 g/mol. The van der Waals surface area contributed by atoms with E-state index in [1.807, 2.05) is 26.0 Å². The molecule has 0 aliphatic heterocycles. The van der Waals surface area contributed by atoms with E-state index in [0.29, 0.717) is 0 Å². The standard InChI is InChI=1S/C14H23NO/c1-13(2,3)11-9-10(14(4,5)15)7-8-12(11)16-6/h7-9H,15H2,1-6H3. The first-order chi connectivity index (χ1) is 7.16. The molecule has 0 radical (unpaired) electrons. The second-order valence-electron chi connectivity index (χ2n) is 5.89. The molecular weight excluding hydrogens is 198 g/mol. The maximum absolute atomic E-state index is 6.12. The smallest absolute Gasteiger partial charge is 0.122 e. The van der Waals surface area contributed by atoms with Crippen LogP contribution in [0.1, 0.15) is 45.7 Å². The van der Waals surface area contributed by atoms with E-state index in [4.69, 9.17) is 10.5 Å². The fourth-order valence-electron chi connectivity index (χ4n) is 1.69. The minimum absolute atomic E-state index is 0.0621. The van der Waals surface area contributed by atoms with Gasteiger partial charge in [-0.15, -0.1) is 0 Å². The lowest BCUT2D eigenvalue weighted by atomic mass is 9.83. The average Bonchev–Trinajstić information content (AvgIpc) is 2.14. The van der Waals surface area contributed by atoms with Gasteiger partial charge < -0.3 is 10.5 Å². The lowest BCUT2D eigenvalue weighted by Gasteiger charge is -2.26. The second-order valence-corrected chi connectivity index (χ2v) is 5.89. The van der Waals surface area contributed by atoms with Crippen molar-refractivity contribution in [1.29, 1.82) is 0 Å². The topological polar surface area (TPSA) is 35.2 Å². The minimum atomic E-state index is -0.313. The molecule has 0 atom stereocenters. The molecule has 0 aliphatic rings. The zero-order valence-electron chi connectivity index (χ0n) is 11.2. The SMILES string of the molecule is COc1ccc(C(C)(C)N)cc1C(C)(C)C. The summed E-state index contributed by atoms with van der Waals surface area (Å²) in [6.07, 6.45) is 0. The van der Waals surface area contributed by atoms with Gasteiger partial charge in [0, 0.05) is 5.54 Å². The lowest BCUT2D eigenvalue weighted by Crippen LogP contribution is -2.29. The van der Waals surface area contributed by atoms with Crippen molar-refractivity contribution in [2.75, 3.05) is 7.11 Å². The molecule has 0 fully saturated rings. The van der Waals surface area contributed by atoms with Gasteiger partial charge in [0.2, 0.25) is 0 Å². The molecule has 1 aromatic carbocycles. The van der Waals surface area contributed by atoms with Gasteiger partial charge in [0.1, 0.15) is 5.75 Å². The van der Waals surface area contributed by atoms with Crippen LogP contribution in [0.25, 0.3) is 0 Å². The van der Waals surface area contributed by atoms with E-state index >= 15 is 0 Å². The van der Waals surface area contributed by atoms with Crippen molar-refractivity contribution in [2.45, 2.75) is 45.6 Å². The zero-order valence-corrected chi connectivity index (χ0v) is 11.2. The van der Waals surface area contributed by atoms with Crippen LogP contribution in [0.4, 0.5) is 0 Å². The van der Waals surface area contributed by atoms with E-state index in [2.05, 4.69) is 26.8 Å². The second kappa shape index (κ2) is 4.10. The first-order valence-corrected chi connectivity index (χ1v) is 5.64. The number of benzene rings is 1. The van der Waals surface area contributed by atoms with Gasteiger partial charge >= 0.3 is 0 Å². The molecule has 0 aliphatic carbocycles. The van der Waals surface area contributed by atoms with Crippen LogP contribution < -0.4 is 10.5 Å². The largest absolute Gasteiger partial charge is 0.496 e. The number of methoxy groups -OCH3 is 1. The molecule has 2 heteroatoms. The Hall–Kier alpha value is -1.02. The molecule has 2 nitrogen and oxygen atoms in total. The lowest BCUT2D eigenvalue weighted by molar-refractivity contribution is 0.396. The van der Waals surface area contributed by atoms with Crippen LogP contribution in [0.3, 0.4) is 0 Å². The van der Waals surface area contributed by atoms with Crippen LogP contribution >= 0.6 is 0 Å². The third kappa shape index (κ3) is 2.76. The predicted octanol–water partition coefficient (Wildman–Crippen LogP) is 3.19. The molecule has 0 amide bonds. The number of hydrogen-bond donors (Lipinski definition) is 1. The molecule has 0 saturated heterocycles. The summed E-state index contributed by atoms with van der Waals surface area (Å²) in [7, 11) is 1.71. The summed E-state index contributed by atoms with van der Waals surface area (Å²) < 4.78 is 5.40. The predicted molar refractivity (Wildman–Crippen MR) is 68.9 cm³/mol. The highest BCUT2D eigenvalue weighted by atomic mass is 16.5. The molecule has 1 rings (SSSR count). The summed E-state index contributed by atoms with van der Waals surface area (Å²) in [6.45, 7) is 10.6. The van der Waals surface area contributed by atoms with Gasteiger partial charge in [-0.2, -0.15) is 0 Å². The van der Waals surface area contributed by atoms with Crippen molar-refractivity contribution in [3.05, 3.63) is 29.3 Å². The molecular formula is C14H23NO. The van der Waals surface area contributed by atoms with E-state index in [9.17, 15) is 0 Å². The van der Waals surface area contributed by atoms with E-state index in [1.165, 1.54) is 5.56 Å². The molecule has 0 aromatic heterocycles. The van der Waals surface area contributed by atoms with Gasteiger partial charge in [0.15, 0.2) is 0 Å². The minimum Gasteiger partial charge on any atom is -0.496 e. The van der Waals surface area contributed by atoms with Crippen molar-refractivity contribution in [2.24, 2.45) is 5.73 Å². The van der Waals surface area contributed by atoms with Crippen molar-refractivity contribution in [3.63, 3.8) is 0 Å². The summed E-state index contributed by atoms with van der Waals surface area (Å²) in [5.74, 6) is 0.931. The highest BCUT2D eigenvalue weighted by molar-refractivity contribution is 5.43. The van der Waals surface area contributed by atoms with Crippen molar-refractivity contribution >= 4 is 0 Å². The van der Waals surface area contributed by atoms with Crippen LogP contribution in [0.2, 0.25) is 0 Å². The highest BCUT2D eigenvalue weighted by Gasteiger charge is 2.22. The van der Waals surface area contributed by atoms with Gasteiger partial charge in [-0.1, -0.05) is 26.8 Å². The quantitative estimate of drug-likeness (QED) is 0.832. The van der Waals surface area contributed by atoms with E-state index in [0.717, 1.165) is 11.3 Å². The van der Waals surface area contributed by atoms with Crippen molar-refractivity contribution in [1.82, 2.24) is 0 Å². The number of ether oxygens (including phenoxy) is 1. The fraction of sp³-hybridized carbons (Fsp3) is 0.571. The zero-order chi connectivity index (χ0) is 12.6. The van der Waals surface area contributed by atoms with Gasteiger partial charge in [-0.05, 0) is 42.5 Å². The Morgan fingerprint density at radius 2 is 1.62 bits per heavy atom. The van der Waals surface area contributed by atoms with Gasteiger partial charge in [0.05, 0.1) is 7.11 Å². The van der Waals surface area contributed by atoms with Crippen LogP contribution in [-0.4, -0.2) is 7.11 Å². The molecule has 2 N–H and O–H groups in total. The Labute approximate surface area is 98.8 Å². The Kier molecular flexibility index (Phi) is 3.34. The molecule has 0 spiro atoms. The van der Waals surface area contributed by atoms with Crippen LogP contribution in [0.5, 0.6) is 5.75 Å². The van der Waals surface area contributed by atoms with Gasteiger partial charge in [0.25, 0.3) is 0 Å². The maximum atomic E-state index is 6.12. The summed E-state index contributed by atoms with van der Waals surface area (Å²) in [4.78, 5) is 0. The van der Waals surface area contributed by atoms with E-state index in [1.54, 1.807) is 7.11 Å². The van der Waals surface area contributed by atoms with Crippen LogP contribution in [0.15, 0.2) is 18.2 Å². The maximum Gasteiger partial charge on any atom is 0.122 e. The normalized spacial score (nSPS) is 12.7. The monoisotopic (exact) mass is 221 g/mol. The summed E-state index contributed by atoms with van der Waals surface area (Å²) in [5.41, 5.74) is 8.21. The Balaban J connectivity index is 3.34. The number of nitrogens with two attached hydrogens (primary N) is 1. The van der Waals surface area contributed by atoms with E-state index < -0.39 is 0 Å². The molecule has 0 bridgehead atoms. The Bertz CT molecular complexity index is 369. The summed E-state index contributed by atoms with van der Waals surface area (Å²) in [5, 5.41) is 0. The number of hydrogen-bond acceptors (Lipinski definition) is 2. The Morgan fingerprint density at radius 1 is 1.06 bits per heavy atom. The fourth-order valence-corrected chi connectivity index (χ4v) is 1.69. The van der Waals surface area contributed by atoms with Crippen LogP contribution in [0, 0.1) is 0 Å². The Morgan fingerprint density at radius 3 is 2.00 bits per heavy atom. The third-order valence-electron chi connectivity index (χ3n) is 2.75. The van der Waals surface area contributed by atoms with E-state index in [-0.39, 0.29) is 11.0 Å². The van der Waals surface area contributed by atoms with Crippen LogP contribution in [-0.2, 0) is 11.0 Å².